The fourth-order valence-corrected chi connectivity index (χ4v) is 4.07. The van der Waals surface area contributed by atoms with E-state index < -0.39 is 0 Å². The molecule has 0 spiro atoms. The number of benzene rings is 2. The highest BCUT2D eigenvalue weighted by atomic mass is 35.5. The standard InChI is InChI=1S/C23H24Cl2N4O/c24-18-7-5-9-21(22(18)25)29-14-12-28(13-15-29)11-4-3-10-26-23(30)20-16-17-6-1-2-8-19(17)27-20/h1-9,16,27H,10-15H2,(H,26,30). The lowest BCUT2D eigenvalue weighted by Gasteiger charge is -2.36. The van der Waals surface area contributed by atoms with Gasteiger partial charge >= 0.3 is 0 Å². The molecule has 0 aliphatic carbocycles. The van der Waals surface area contributed by atoms with Crippen molar-refractivity contribution in [2.24, 2.45) is 0 Å². The summed E-state index contributed by atoms with van der Waals surface area (Å²) in [5, 5.41) is 5.18. The van der Waals surface area contributed by atoms with E-state index in [1.807, 2.05) is 54.6 Å². The first-order valence-electron chi connectivity index (χ1n) is 10.0. The highest BCUT2D eigenvalue weighted by molar-refractivity contribution is 6.43. The molecule has 0 saturated carbocycles. The van der Waals surface area contributed by atoms with Gasteiger partial charge in [-0.25, -0.2) is 0 Å². The molecule has 1 saturated heterocycles. The molecule has 156 valence electrons. The predicted octanol–water partition coefficient (Wildman–Crippen LogP) is 4.58. The first-order chi connectivity index (χ1) is 14.6. The summed E-state index contributed by atoms with van der Waals surface area (Å²) in [5.41, 5.74) is 2.55. The van der Waals surface area contributed by atoms with Crippen molar-refractivity contribution in [2.75, 3.05) is 44.2 Å². The minimum Gasteiger partial charge on any atom is -0.368 e. The highest BCUT2D eigenvalue weighted by Gasteiger charge is 2.19. The second-order valence-corrected chi connectivity index (χ2v) is 8.10. The Hall–Kier alpha value is -2.47. The van der Waals surface area contributed by atoms with Crippen LogP contribution in [0.4, 0.5) is 5.69 Å². The lowest BCUT2D eigenvalue weighted by molar-refractivity contribution is 0.0954. The van der Waals surface area contributed by atoms with Gasteiger partial charge in [-0.1, -0.05) is 59.6 Å². The van der Waals surface area contributed by atoms with Crippen LogP contribution in [0.15, 0.2) is 60.7 Å². The van der Waals surface area contributed by atoms with E-state index >= 15 is 0 Å². The van der Waals surface area contributed by atoms with Crippen LogP contribution < -0.4 is 10.2 Å². The maximum atomic E-state index is 12.3. The second kappa shape index (κ2) is 9.56. The average Bonchev–Trinajstić information content (AvgIpc) is 3.20. The summed E-state index contributed by atoms with van der Waals surface area (Å²) < 4.78 is 0. The fraction of sp³-hybridized carbons (Fsp3) is 0.261. The highest BCUT2D eigenvalue weighted by Crippen LogP contribution is 2.32. The van der Waals surface area contributed by atoms with E-state index in [-0.39, 0.29) is 5.91 Å². The van der Waals surface area contributed by atoms with Crippen molar-refractivity contribution in [2.45, 2.75) is 0 Å². The summed E-state index contributed by atoms with van der Waals surface area (Å²) in [7, 11) is 0. The zero-order valence-corrected chi connectivity index (χ0v) is 18.1. The third kappa shape index (κ3) is 4.81. The molecule has 0 radical (unpaired) electrons. The van der Waals surface area contributed by atoms with E-state index in [2.05, 4.69) is 26.2 Å². The van der Waals surface area contributed by atoms with Crippen LogP contribution in [0.2, 0.25) is 10.0 Å². The molecule has 7 heteroatoms. The number of carbonyl (C=O) groups excluding carboxylic acids is 1. The molecule has 2 heterocycles. The summed E-state index contributed by atoms with van der Waals surface area (Å²) in [6.07, 6.45) is 4.11. The Bertz CT molecular complexity index is 1020. The van der Waals surface area contributed by atoms with E-state index in [4.69, 9.17) is 23.2 Å². The van der Waals surface area contributed by atoms with Gasteiger partial charge in [0.05, 0.1) is 15.7 Å². The monoisotopic (exact) mass is 442 g/mol. The number of para-hydroxylation sites is 1. The quantitative estimate of drug-likeness (QED) is 0.549. The van der Waals surface area contributed by atoms with Gasteiger partial charge in [0.25, 0.3) is 5.91 Å². The lowest BCUT2D eigenvalue weighted by atomic mass is 10.2. The maximum absolute atomic E-state index is 12.3. The molecule has 4 rings (SSSR count). The minimum absolute atomic E-state index is 0.0946. The molecule has 2 N–H and O–H groups in total. The Morgan fingerprint density at radius 1 is 1.03 bits per heavy atom. The summed E-state index contributed by atoms with van der Waals surface area (Å²) in [5.74, 6) is -0.0946. The number of rotatable bonds is 6. The number of hydrogen-bond acceptors (Lipinski definition) is 3. The van der Waals surface area contributed by atoms with Gasteiger partial charge in [0.15, 0.2) is 0 Å². The van der Waals surface area contributed by atoms with Gasteiger partial charge in [0.1, 0.15) is 5.69 Å². The molecule has 0 bridgehead atoms. The van der Waals surface area contributed by atoms with E-state index in [1.54, 1.807) is 0 Å². The van der Waals surface area contributed by atoms with Crippen molar-refractivity contribution in [1.29, 1.82) is 0 Å². The van der Waals surface area contributed by atoms with Gasteiger partial charge < -0.3 is 15.2 Å². The van der Waals surface area contributed by atoms with Gasteiger partial charge in [-0.2, -0.15) is 0 Å². The number of amides is 1. The van der Waals surface area contributed by atoms with Gasteiger partial charge in [0.2, 0.25) is 0 Å². The van der Waals surface area contributed by atoms with Crippen molar-refractivity contribution in [3.05, 3.63) is 76.4 Å². The summed E-state index contributed by atoms with van der Waals surface area (Å²) >= 11 is 12.5. The van der Waals surface area contributed by atoms with Crippen LogP contribution in [0.25, 0.3) is 10.9 Å². The lowest BCUT2D eigenvalue weighted by Crippen LogP contribution is -2.46. The van der Waals surface area contributed by atoms with Crippen molar-refractivity contribution < 1.29 is 4.79 Å². The molecule has 5 nitrogen and oxygen atoms in total. The van der Waals surface area contributed by atoms with Crippen LogP contribution in [-0.2, 0) is 0 Å². The molecular weight excluding hydrogens is 419 g/mol. The smallest absolute Gasteiger partial charge is 0.267 e. The van der Waals surface area contributed by atoms with Crippen LogP contribution in [-0.4, -0.2) is 55.1 Å². The van der Waals surface area contributed by atoms with E-state index in [9.17, 15) is 4.79 Å². The number of anilines is 1. The Kier molecular flexibility index (Phi) is 6.62. The zero-order valence-electron chi connectivity index (χ0n) is 16.6. The molecule has 1 aliphatic rings. The Labute approximate surface area is 186 Å². The van der Waals surface area contributed by atoms with Gasteiger partial charge in [-0.15, -0.1) is 0 Å². The number of piperazine rings is 1. The Morgan fingerprint density at radius 3 is 2.63 bits per heavy atom. The maximum Gasteiger partial charge on any atom is 0.267 e. The Morgan fingerprint density at radius 2 is 1.83 bits per heavy atom. The van der Waals surface area contributed by atoms with E-state index in [0.29, 0.717) is 22.3 Å². The summed E-state index contributed by atoms with van der Waals surface area (Å²) in [6.45, 7) is 5.09. The number of halogens is 2. The number of nitrogens with one attached hydrogen (secondary N) is 2. The molecule has 3 aromatic rings. The largest absolute Gasteiger partial charge is 0.368 e. The number of hydrogen-bond donors (Lipinski definition) is 2. The number of fused-ring (bicyclic) bond motifs is 1. The van der Waals surface area contributed by atoms with E-state index in [0.717, 1.165) is 49.3 Å². The summed E-state index contributed by atoms with van der Waals surface area (Å²) in [6, 6.07) is 15.5. The van der Waals surface area contributed by atoms with Crippen molar-refractivity contribution in [3.8, 4) is 0 Å². The topological polar surface area (TPSA) is 51.4 Å². The van der Waals surface area contributed by atoms with Gasteiger partial charge in [0, 0.05) is 50.2 Å². The molecule has 1 amide bonds. The van der Waals surface area contributed by atoms with Crippen LogP contribution >= 0.6 is 23.2 Å². The SMILES string of the molecule is O=C(NCC=CCN1CCN(c2cccc(Cl)c2Cl)CC1)c1cc2ccccc2[nH]1. The molecule has 2 aromatic carbocycles. The molecular formula is C23H24Cl2N4O. The van der Waals surface area contributed by atoms with Crippen molar-refractivity contribution in [3.63, 3.8) is 0 Å². The van der Waals surface area contributed by atoms with Crippen LogP contribution in [0, 0.1) is 0 Å². The van der Waals surface area contributed by atoms with Gasteiger partial charge in [-0.3, -0.25) is 9.69 Å². The average molecular weight is 443 g/mol. The normalized spacial score (nSPS) is 15.2. The number of aromatic amines is 1. The number of aromatic nitrogens is 1. The first kappa shape index (κ1) is 20.8. The summed E-state index contributed by atoms with van der Waals surface area (Å²) in [4.78, 5) is 20.1. The fourth-order valence-electron chi connectivity index (χ4n) is 3.66. The predicted molar refractivity (Wildman–Crippen MR) is 125 cm³/mol. The molecule has 1 aromatic heterocycles. The third-order valence-corrected chi connectivity index (χ3v) is 6.14. The number of H-pyrrole nitrogens is 1. The molecule has 0 atom stereocenters. The second-order valence-electron chi connectivity index (χ2n) is 7.31. The third-order valence-electron chi connectivity index (χ3n) is 5.33. The van der Waals surface area contributed by atoms with E-state index in [1.165, 1.54) is 0 Å². The van der Waals surface area contributed by atoms with Gasteiger partial charge in [-0.05, 0) is 24.3 Å². The molecule has 30 heavy (non-hydrogen) atoms. The number of nitrogens with zero attached hydrogens (tertiary/aromatic N) is 2. The van der Waals surface area contributed by atoms with Crippen LogP contribution in [0.5, 0.6) is 0 Å². The molecule has 1 fully saturated rings. The zero-order chi connectivity index (χ0) is 20.9. The first-order valence-corrected chi connectivity index (χ1v) is 10.8. The van der Waals surface area contributed by atoms with Crippen LogP contribution in [0.3, 0.4) is 0 Å². The molecule has 0 unspecified atom stereocenters. The molecule has 1 aliphatic heterocycles. The Balaban J connectivity index is 1.20. The van der Waals surface area contributed by atoms with Crippen molar-refractivity contribution in [1.82, 2.24) is 15.2 Å². The number of carbonyl (C=O) groups is 1. The van der Waals surface area contributed by atoms with Crippen LogP contribution in [0.1, 0.15) is 10.5 Å². The van der Waals surface area contributed by atoms with Crippen molar-refractivity contribution >= 4 is 45.7 Å². The minimum atomic E-state index is -0.0946.